The molecule has 1 aliphatic heterocycles. The summed E-state index contributed by atoms with van der Waals surface area (Å²) in [6.45, 7) is 4.79. The van der Waals surface area contributed by atoms with Crippen molar-refractivity contribution in [2.24, 2.45) is 5.92 Å². The van der Waals surface area contributed by atoms with E-state index >= 15 is 0 Å². The van der Waals surface area contributed by atoms with Crippen molar-refractivity contribution < 1.29 is 34.1 Å². The molecule has 1 saturated heterocycles. The lowest BCUT2D eigenvalue weighted by Gasteiger charge is -2.18. The summed E-state index contributed by atoms with van der Waals surface area (Å²) in [5.74, 6) is -0.498. The maximum atomic E-state index is 13.5. The van der Waals surface area contributed by atoms with Crippen molar-refractivity contribution in [1.82, 2.24) is 19.4 Å². The summed E-state index contributed by atoms with van der Waals surface area (Å²) < 4.78 is 7.35. The number of amides is 3. The summed E-state index contributed by atoms with van der Waals surface area (Å²) in [6.07, 6.45) is 5.47. The lowest BCUT2D eigenvalue weighted by atomic mass is 10.0. The number of para-hydroxylation sites is 1. The number of nitrogens with zero attached hydrogens (tertiary/aromatic N) is 3. The molecule has 0 bridgehead atoms. The third-order valence-corrected chi connectivity index (χ3v) is 7.65. The molecule has 0 aliphatic carbocycles. The number of carbonyl (C=O) groups is 4. The number of ether oxygens (including phenoxy) is 1. The van der Waals surface area contributed by atoms with Gasteiger partial charge in [0.1, 0.15) is 18.3 Å². The zero-order chi connectivity index (χ0) is 33.2. The molecule has 13 heteroatoms. The number of anilines is 1. The fourth-order valence-corrected chi connectivity index (χ4v) is 5.56. The average Bonchev–Trinajstić information content (AvgIpc) is 3.68. The molecule has 46 heavy (non-hydrogen) atoms. The first-order valence-electron chi connectivity index (χ1n) is 15.4. The van der Waals surface area contributed by atoms with Crippen LogP contribution in [0.25, 0.3) is 10.9 Å². The van der Waals surface area contributed by atoms with Gasteiger partial charge in [0.15, 0.2) is 0 Å². The van der Waals surface area contributed by atoms with E-state index in [-0.39, 0.29) is 37.6 Å². The Morgan fingerprint density at radius 1 is 1.09 bits per heavy atom. The van der Waals surface area contributed by atoms with E-state index in [0.717, 1.165) is 23.8 Å². The first kappa shape index (κ1) is 34.0. The van der Waals surface area contributed by atoms with Crippen LogP contribution in [0.15, 0.2) is 59.5 Å². The number of hydrogen-bond acceptors (Lipinski definition) is 7. The van der Waals surface area contributed by atoms with Crippen LogP contribution in [0, 0.1) is 5.92 Å². The third kappa shape index (κ3) is 8.62. The topological polar surface area (TPSA) is 172 Å². The van der Waals surface area contributed by atoms with E-state index in [4.69, 9.17) is 9.84 Å². The standard InChI is InChI=1S/C33H41N5O8/c1-22(2)19-23-9-7-10-24-20-25(38(29(23)24)33(44)45)21-37-16-8-12-27(31(37)42)34-30(41)26(35-32(43)46-18-17-39)11-3-4-13-28(40)36-14-5-6-15-36/h4,7-10,12-13,16,20,22,26,39H,3,5-6,11,14-15,17-19,21H2,1-2H3,(H,34,41)(H,35,43)(H,44,45)/b13-4+. The molecular formula is C33H41N5O8. The monoisotopic (exact) mass is 635 g/mol. The summed E-state index contributed by atoms with van der Waals surface area (Å²) >= 11 is 0. The summed E-state index contributed by atoms with van der Waals surface area (Å²) in [6, 6.07) is 9.20. The van der Waals surface area contributed by atoms with E-state index < -0.39 is 36.3 Å². The number of aliphatic hydroxyl groups excluding tert-OH is 1. The molecule has 246 valence electrons. The lowest BCUT2D eigenvalue weighted by Crippen LogP contribution is -2.45. The van der Waals surface area contributed by atoms with Crippen molar-refractivity contribution >= 4 is 40.6 Å². The van der Waals surface area contributed by atoms with E-state index in [9.17, 15) is 29.1 Å². The van der Waals surface area contributed by atoms with Gasteiger partial charge in [0, 0.05) is 24.7 Å². The van der Waals surface area contributed by atoms with Crippen LogP contribution in [0.1, 0.15) is 50.8 Å². The van der Waals surface area contributed by atoms with Gasteiger partial charge < -0.3 is 35.1 Å². The molecule has 1 fully saturated rings. The van der Waals surface area contributed by atoms with Crippen LogP contribution in [0.5, 0.6) is 0 Å². The van der Waals surface area contributed by atoms with Gasteiger partial charge in [-0.1, -0.05) is 38.1 Å². The maximum absolute atomic E-state index is 13.5. The van der Waals surface area contributed by atoms with Crippen LogP contribution in [0.4, 0.5) is 15.3 Å². The number of rotatable bonds is 13. The number of carboxylic acid groups (broad SMARTS) is 1. The zero-order valence-electron chi connectivity index (χ0n) is 26.1. The Hall–Kier alpha value is -4.91. The highest BCUT2D eigenvalue weighted by Crippen LogP contribution is 2.26. The number of carbonyl (C=O) groups excluding carboxylic acids is 3. The number of aromatic nitrogens is 2. The number of alkyl carbamates (subject to hydrolysis) is 1. The van der Waals surface area contributed by atoms with Crippen LogP contribution in [-0.4, -0.2) is 80.6 Å². The summed E-state index contributed by atoms with van der Waals surface area (Å²) in [7, 11) is 0. The highest BCUT2D eigenvalue weighted by atomic mass is 16.6. The smallest absolute Gasteiger partial charge is 0.416 e. The minimum absolute atomic E-state index is 0.0683. The molecule has 13 nitrogen and oxygen atoms in total. The van der Waals surface area contributed by atoms with Gasteiger partial charge >= 0.3 is 12.2 Å². The van der Waals surface area contributed by atoms with E-state index in [0.29, 0.717) is 36.6 Å². The van der Waals surface area contributed by atoms with Crippen molar-refractivity contribution in [3.8, 4) is 0 Å². The Morgan fingerprint density at radius 3 is 2.54 bits per heavy atom. The summed E-state index contributed by atoms with van der Waals surface area (Å²) in [5.41, 5.74) is 1.21. The number of allylic oxidation sites excluding steroid dienone is 1. The minimum Gasteiger partial charge on any atom is -0.464 e. The fraction of sp³-hybridized carbons (Fsp3) is 0.424. The first-order chi connectivity index (χ1) is 22.1. The van der Waals surface area contributed by atoms with Gasteiger partial charge in [-0.3, -0.25) is 14.4 Å². The summed E-state index contributed by atoms with van der Waals surface area (Å²) in [5, 5.41) is 24.9. The van der Waals surface area contributed by atoms with Crippen LogP contribution in [0.3, 0.4) is 0 Å². The van der Waals surface area contributed by atoms with Crippen LogP contribution in [-0.2, 0) is 27.3 Å². The predicted molar refractivity (Wildman–Crippen MR) is 172 cm³/mol. The van der Waals surface area contributed by atoms with Crippen molar-refractivity contribution in [2.45, 2.75) is 58.5 Å². The number of nitrogens with one attached hydrogen (secondary N) is 2. The molecule has 0 saturated carbocycles. The molecule has 2 aromatic heterocycles. The van der Waals surface area contributed by atoms with Crippen LogP contribution >= 0.6 is 0 Å². The number of aliphatic hydroxyl groups is 1. The molecular weight excluding hydrogens is 594 g/mol. The predicted octanol–water partition coefficient (Wildman–Crippen LogP) is 3.56. The van der Waals surface area contributed by atoms with Gasteiger partial charge in [0.2, 0.25) is 11.8 Å². The average molecular weight is 636 g/mol. The molecule has 0 spiro atoms. The molecule has 4 N–H and O–H groups in total. The normalized spacial score (nSPS) is 13.8. The molecule has 3 amide bonds. The molecule has 1 atom stereocenters. The van der Waals surface area contributed by atoms with Gasteiger partial charge in [0.25, 0.3) is 5.56 Å². The highest BCUT2D eigenvalue weighted by molar-refractivity contribution is 5.96. The Kier molecular flexibility index (Phi) is 11.7. The molecule has 3 heterocycles. The number of benzene rings is 1. The quantitative estimate of drug-likeness (QED) is 0.207. The van der Waals surface area contributed by atoms with Crippen LogP contribution < -0.4 is 16.2 Å². The van der Waals surface area contributed by atoms with Crippen LogP contribution in [0.2, 0.25) is 0 Å². The van der Waals surface area contributed by atoms with Gasteiger partial charge in [-0.05, 0) is 67.9 Å². The molecule has 0 radical (unpaired) electrons. The van der Waals surface area contributed by atoms with E-state index in [1.54, 1.807) is 23.1 Å². The van der Waals surface area contributed by atoms with E-state index in [1.807, 2.05) is 18.2 Å². The SMILES string of the molecule is CC(C)Cc1cccc2cc(Cn3cccc(NC(=O)C(CC/C=C/C(=O)N4CCCC4)NC(=O)OCCO)c3=O)n(C(=O)O)c12. The number of fused-ring (bicyclic) bond motifs is 1. The first-order valence-corrected chi connectivity index (χ1v) is 15.4. The Labute approximate surface area is 266 Å². The number of likely N-dealkylation sites (tertiary alicyclic amines) is 1. The number of hydrogen-bond donors (Lipinski definition) is 4. The van der Waals surface area contributed by atoms with E-state index in [1.165, 1.54) is 27.5 Å². The molecule has 1 aliphatic rings. The minimum atomic E-state index is -1.17. The maximum Gasteiger partial charge on any atom is 0.416 e. The molecule has 1 unspecified atom stereocenters. The fourth-order valence-electron chi connectivity index (χ4n) is 5.56. The largest absolute Gasteiger partial charge is 0.464 e. The Bertz CT molecular complexity index is 1650. The molecule has 1 aromatic carbocycles. The second kappa shape index (κ2) is 15.9. The van der Waals surface area contributed by atoms with Crippen molar-refractivity contribution in [3.63, 3.8) is 0 Å². The molecule has 3 aromatic rings. The highest BCUT2D eigenvalue weighted by Gasteiger charge is 2.23. The van der Waals surface area contributed by atoms with E-state index in [2.05, 4.69) is 24.5 Å². The third-order valence-electron chi connectivity index (χ3n) is 7.65. The van der Waals surface area contributed by atoms with Crippen molar-refractivity contribution in [3.05, 3.63) is 76.4 Å². The number of pyridine rings is 1. The zero-order valence-corrected chi connectivity index (χ0v) is 26.1. The lowest BCUT2D eigenvalue weighted by molar-refractivity contribution is -0.125. The van der Waals surface area contributed by atoms with Gasteiger partial charge in [0.05, 0.1) is 24.4 Å². The molecule has 4 rings (SSSR count). The van der Waals surface area contributed by atoms with Gasteiger partial charge in [-0.2, -0.15) is 0 Å². The van der Waals surface area contributed by atoms with Crippen molar-refractivity contribution in [1.29, 1.82) is 0 Å². The summed E-state index contributed by atoms with van der Waals surface area (Å²) in [4.78, 5) is 65.4. The Balaban J connectivity index is 1.53. The van der Waals surface area contributed by atoms with Gasteiger partial charge in [-0.15, -0.1) is 0 Å². The second-order valence-electron chi connectivity index (χ2n) is 11.6. The Morgan fingerprint density at radius 2 is 1.85 bits per heavy atom. The second-order valence-corrected chi connectivity index (χ2v) is 11.6. The van der Waals surface area contributed by atoms with Crippen molar-refractivity contribution in [2.75, 3.05) is 31.6 Å². The van der Waals surface area contributed by atoms with Gasteiger partial charge in [-0.25, -0.2) is 14.2 Å².